The van der Waals surface area contributed by atoms with Gasteiger partial charge >= 0.3 is 5.97 Å². The molecule has 1 aliphatic carbocycles. The lowest BCUT2D eigenvalue weighted by Gasteiger charge is -2.05. The summed E-state index contributed by atoms with van der Waals surface area (Å²) in [6, 6.07) is 10.00. The molecule has 2 unspecified atom stereocenters. The van der Waals surface area contributed by atoms with Gasteiger partial charge in [-0.05, 0) is 24.3 Å². The Balaban J connectivity index is 2.06. The Hall–Kier alpha value is -1.57. The monoisotopic (exact) mass is 202 g/mol. The molecule has 2 rings (SSSR count). The molecule has 0 aliphatic heterocycles. The van der Waals surface area contributed by atoms with Crippen molar-refractivity contribution in [1.29, 1.82) is 0 Å². The number of hydrogen-bond acceptors (Lipinski definition) is 1. The fraction of sp³-hybridized carbons (Fsp3) is 0.308. The average Bonchev–Trinajstić information content (AvgIpc) is 2.94. The van der Waals surface area contributed by atoms with Gasteiger partial charge in [-0.2, -0.15) is 0 Å². The molecule has 0 spiro atoms. The van der Waals surface area contributed by atoms with Crippen molar-refractivity contribution in [1.82, 2.24) is 0 Å². The molecule has 78 valence electrons. The van der Waals surface area contributed by atoms with E-state index in [0.29, 0.717) is 0 Å². The van der Waals surface area contributed by atoms with Gasteiger partial charge in [0.2, 0.25) is 0 Å². The molecule has 0 radical (unpaired) electrons. The molecule has 0 heterocycles. The SMILES string of the molecule is C=CC1(C(=O)O)CC1Cc1ccccc1. The van der Waals surface area contributed by atoms with Gasteiger partial charge in [-0.3, -0.25) is 4.79 Å². The summed E-state index contributed by atoms with van der Waals surface area (Å²) in [5.41, 5.74) is 0.544. The molecule has 0 amide bonds. The second-order valence-electron chi connectivity index (χ2n) is 4.14. The van der Waals surface area contributed by atoms with Crippen LogP contribution in [-0.4, -0.2) is 11.1 Å². The fourth-order valence-electron chi connectivity index (χ4n) is 2.10. The molecular weight excluding hydrogens is 188 g/mol. The first kappa shape index (κ1) is 9.97. The molecule has 2 heteroatoms. The maximum atomic E-state index is 11.0. The summed E-state index contributed by atoms with van der Waals surface area (Å²) < 4.78 is 0. The van der Waals surface area contributed by atoms with E-state index < -0.39 is 11.4 Å². The Morgan fingerprint density at radius 2 is 2.20 bits per heavy atom. The molecule has 15 heavy (non-hydrogen) atoms. The van der Waals surface area contributed by atoms with Gasteiger partial charge in [0.05, 0.1) is 5.41 Å². The molecule has 1 saturated carbocycles. The van der Waals surface area contributed by atoms with Gasteiger partial charge in [-0.15, -0.1) is 6.58 Å². The molecule has 1 aromatic carbocycles. The highest BCUT2D eigenvalue weighted by Gasteiger charge is 2.57. The van der Waals surface area contributed by atoms with Crippen LogP contribution in [0.15, 0.2) is 43.0 Å². The Morgan fingerprint density at radius 3 is 2.67 bits per heavy atom. The number of carboxylic acid groups (broad SMARTS) is 1. The largest absolute Gasteiger partial charge is 0.481 e. The third kappa shape index (κ3) is 1.67. The summed E-state index contributed by atoms with van der Waals surface area (Å²) >= 11 is 0. The third-order valence-electron chi connectivity index (χ3n) is 3.24. The zero-order valence-electron chi connectivity index (χ0n) is 8.52. The van der Waals surface area contributed by atoms with Crippen LogP contribution in [0, 0.1) is 11.3 Å². The Labute approximate surface area is 89.2 Å². The van der Waals surface area contributed by atoms with Gasteiger partial charge in [0.25, 0.3) is 0 Å². The van der Waals surface area contributed by atoms with Gasteiger partial charge < -0.3 is 5.11 Å². The Morgan fingerprint density at radius 1 is 1.53 bits per heavy atom. The summed E-state index contributed by atoms with van der Waals surface area (Å²) in [4.78, 5) is 11.0. The Kier molecular flexibility index (Phi) is 2.35. The second-order valence-corrected chi connectivity index (χ2v) is 4.14. The quantitative estimate of drug-likeness (QED) is 0.762. The summed E-state index contributed by atoms with van der Waals surface area (Å²) in [6.07, 6.45) is 3.14. The third-order valence-corrected chi connectivity index (χ3v) is 3.24. The van der Waals surface area contributed by atoms with E-state index in [1.165, 1.54) is 5.56 Å². The summed E-state index contributed by atoms with van der Waals surface area (Å²) in [5, 5.41) is 9.08. The minimum absolute atomic E-state index is 0.217. The lowest BCUT2D eigenvalue weighted by Crippen LogP contribution is -2.15. The topological polar surface area (TPSA) is 37.3 Å². The van der Waals surface area contributed by atoms with E-state index in [-0.39, 0.29) is 5.92 Å². The number of aliphatic carboxylic acids is 1. The highest BCUT2D eigenvalue weighted by atomic mass is 16.4. The molecule has 0 saturated heterocycles. The predicted octanol–water partition coefficient (Wildman–Crippen LogP) is 2.51. The normalized spacial score (nSPS) is 28.4. The maximum Gasteiger partial charge on any atom is 0.313 e. The van der Waals surface area contributed by atoms with Crippen molar-refractivity contribution in [3.8, 4) is 0 Å². The molecule has 1 aliphatic rings. The van der Waals surface area contributed by atoms with Crippen molar-refractivity contribution >= 4 is 5.97 Å². The van der Waals surface area contributed by atoms with E-state index in [4.69, 9.17) is 5.11 Å². The smallest absolute Gasteiger partial charge is 0.313 e. The molecule has 2 nitrogen and oxygen atoms in total. The number of rotatable bonds is 4. The molecular formula is C13H14O2. The second kappa shape index (κ2) is 3.54. The van der Waals surface area contributed by atoms with E-state index in [0.717, 1.165) is 12.8 Å². The molecule has 1 fully saturated rings. The molecule has 0 aromatic heterocycles. The lowest BCUT2D eigenvalue weighted by molar-refractivity contribution is -0.141. The van der Waals surface area contributed by atoms with E-state index in [9.17, 15) is 4.79 Å². The summed E-state index contributed by atoms with van der Waals surface area (Å²) in [5.74, 6) is -0.520. The van der Waals surface area contributed by atoms with Crippen molar-refractivity contribution in [2.45, 2.75) is 12.8 Å². The number of hydrogen-bond donors (Lipinski definition) is 1. The molecule has 1 N–H and O–H groups in total. The predicted molar refractivity (Wildman–Crippen MR) is 58.5 cm³/mol. The van der Waals surface area contributed by atoms with Gasteiger partial charge in [0.15, 0.2) is 0 Å². The number of benzene rings is 1. The highest BCUT2D eigenvalue weighted by Crippen LogP contribution is 2.55. The van der Waals surface area contributed by atoms with E-state index in [1.807, 2.05) is 30.3 Å². The van der Waals surface area contributed by atoms with Crippen molar-refractivity contribution in [3.05, 3.63) is 48.6 Å². The van der Waals surface area contributed by atoms with Crippen LogP contribution < -0.4 is 0 Å². The zero-order chi connectivity index (χ0) is 10.9. The van der Waals surface area contributed by atoms with Crippen LogP contribution in [0.1, 0.15) is 12.0 Å². The molecule has 0 bridgehead atoms. The van der Waals surface area contributed by atoms with E-state index >= 15 is 0 Å². The first-order chi connectivity index (χ1) is 7.19. The minimum atomic E-state index is -0.738. The molecule has 1 aromatic rings. The van der Waals surface area contributed by atoms with Crippen LogP contribution in [0.5, 0.6) is 0 Å². The average molecular weight is 202 g/mol. The maximum absolute atomic E-state index is 11.0. The van der Waals surface area contributed by atoms with Crippen molar-refractivity contribution < 1.29 is 9.90 Å². The van der Waals surface area contributed by atoms with Crippen LogP contribution in [-0.2, 0) is 11.2 Å². The van der Waals surface area contributed by atoms with Crippen LogP contribution >= 0.6 is 0 Å². The van der Waals surface area contributed by atoms with Crippen LogP contribution in [0.2, 0.25) is 0 Å². The number of carbonyl (C=O) groups is 1. The first-order valence-electron chi connectivity index (χ1n) is 5.10. The van der Waals surface area contributed by atoms with Crippen LogP contribution in [0.3, 0.4) is 0 Å². The van der Waals surface area contributed by atoms with Gasteiger partial charge in [0, 0.05) is 0 Å². The van der Waals surface area contributed by atoms with E-state index in [1.54, 1.807) is 6.08 Å². The Bertz CT molecular complexity index is 383. The summed E-state index contributed by atoms with van der Waals surface area (Å²) in [6.45, 7) is 3.63. The lowest BCUT2D eigenvalue weighted by atomic mass is 9.99. The fourth-order valence-corrected chi connectivity index (χ4v) is 2.10. The standard InChI is InChI=1S/C13H14O2/c1-2-13(12(14)15)9-11(13)8-10-6-4-3-5-7-10/h2-7,11H,1,8-9H2,(H,14,15). The van der Waals surface area contributed by atoms with Crippen LogP contribution in [0.4, 0.5) is 0 Å². The molecule has 2 atom stereocenters. The summed E-state index contributed by atoms with van der Waals surface area (Å²) in [7, 11) is 0. The zero-order valence-corrected chi connectivity index (χ0v) is 8.52. The highest BCUT2D eigenvalue weighted by molar-refractivity contribution is 5.81. The minimum Gasteiger partial charge on any atom is -0.481 e. The van der Waals surface area contributed by atoms with E-state index in [2.05, 4.69) is 6.58 Å². The van der Waals surface area contributed by atoms with Gasteiger partial charge in [0.1, 0.15) is 0 Å². The van der Waals surface area contributed by atoms with Crippen molar-refractivity contribution in [3.63, 3.8) is 0 Å². The first-order valence-corrected chi connectivity index (χ1v) is 5.10. The van der Waals surface area contributed by atoms with Crippen molar-refractivity contribution in [2.24, 2.45) is 11.3 Å². The van der Waals surface area contributed by atoms with Crippen LogP contribution in [0.25, 0.3) is 0 Å². The van der Waals surface area contributed by atoms with Gasteiger partial charge in [-0.25, -0.2) is 0 Å². The van der Waals surface area contributed by atoms with Crippen molar-refractivity contribution in [2.75, 3.05) is 0 Å². The number of carboxylic acids is 1. The van der Waals surface area contributed by atoms with Gasteiger partial charge in [-0.1, -0.05) is 36.4 Å².